The average molecular weight is 237 g/mol. The van der Waals surface area contributed by atoms with Gasteiger partial charge in [0.15, 0.2) is 0 Å². The van der Waals surface area contributed by atoms with Crippen LogP contribution in [0, 0.1) is 23.7 Å². The molecule has 1 rings (SSSR count). The molecule has 0 heterocycles. The predicted molar refractivity (Wildman–Crippen MR) is 52.9 cm³/mol. The summed E-state index contributed by atoms with van der Waals surface area (Å²) in [6.45, 7) is 0. The third-order valence-electron chi connectivity index (χ3n) is 3.04. The van der Waals surface area contributed by atoms with Crippen LogP contribution in [0.2, 0.25) is 0 Å². The first-order chi connectivity index (χ1) is 8.04. The minimum Gasteiger partial charge on any atom is -0.481 e. The number of hydrogen-bond donors (Lipinski definition) is 1. The summed E-state index contributed by atoms with van der Waals surface area (Å²) in [5, 5.41) is 8.88. The smallest absolute Gasteiger partial charge is 0.307 e. The van der Waals surface area contributed by atoms with Crippen LogP contribution in [0.5, 0.6) is 0 Å². The molecule has 0 aromatic carbocycles. The number of carbonyl (C=O) groups is 2. The van der Waals surface area contributed by atoms with Gasteiger partial charge in [-0.2, -0.15) is 0 Å². The van der Waals surface area contributed by atoms with Gasteiger partial charge in [-0.15, -0.1) is 0 Å². The molecule has 1 N–H and O–H groups in total. The minimum atomic E-state index is -1.24. The summed E-state index contributed by atoms with van der Waals surface area (Å²) in [5.74, 6) is -6.23. The summed E-state index contributed by atoms with van der Waals surface area (Å²) in [7, 11) is 0. The fourth-order valence-corrected chi connectivity index (χ4v) is 2.10. The third-order valence-corrected chi connectivity index (χ3v) is 3.04. The van der Waals surface area contributed by atoms with Crippen molar-refractivity contribution in [2.24, 2.45) is 23.7 Å². The molecule has 1 fully saturated rings. The highest BCUT2D eigenvalue weighted by molar-refractivity contribution is 6.26. The van der Waals surface area contributed by atoms with Crippen molar-refractivity contribution in [3.8, 4) is 0 Å². The Labute approximate surface area is 97.0 Å². The Morgan fingerprint density at radius 1 is 0.941 bits per heavy atom. The first-order valence-electron chi connectivity index (χ1n) is 4.95. The maximum atomic E-state index is 11.2. The van der Waals surface area contributed by atoms with Crippen LogP contribution < -0.4 is 0 Å². The first kappa shape index (κ1) is 13.2. The molecule has 0 aromatic heterocycles. The number of carboxylic acids is 1. The van der Waals surface area contributed by atoms with E-state index in [4.69, 9.17) is 5.11 Å². The largest absolute Gasteiger partial charge is 0.481 e. The van der Waals surface area contributed by atoms with Crippen LogP contribution in [-0.2, 0) is 24.0 Å². The van der Waals surface area contributed by atoms with Crippen molar-refractivity contribution in [3.05, 3.63) is 0 Å². The first-order valence-corrected chi connectivity index (χ1v) is 4.95. The van der Waals surface area contributed by atoms with Gasteiger partial charge in [0.2, 0.25) is 18.4 Å². The summed E-state index contributed by atoms with van der Waals surface area (Å²) >= 11 is 0. The van der Waals surface area contributed by atoms with E-state index < -0.39 is 35.4 Å². The molecule has 0 spiro atoms. The Hall–Kier alpha value is -1.85. The van der Waals surface area contributed by atoms with Gasteiger partial charge in [-0.25, -0.2) is 0 Å². The number of ketones is 1. The molecule has 3 radical (unpaired) electrons. The summed E-state index contributed by atoms with van der Waals surface area (Å²) in [5.41, 5.74) is 0. The number of rotatable bonds is 5. The molecule has 17 heavy (non-hydrogen) atoms. The fraction of sp³-hybridized carbons (Fsp3) is 0.545. The molecular formula is C11H9O6. The van der Waals surface area contributed by atoms with Gasteiger partial charge in [0, 0.05) is 17.8 Å². The minimum absolute atomic E-state index is 0.123. The van der Waals surface area contributed by atoms with Gasteiger partial charge in [-0.3, -0.25) is 24.0 Å². The van der Waals surface area contributed by atoms with Crippen LogP contribution in [0.15, 0.2) is 0 Å². The Balaban J connectivity index is 2.96. The third kappa shape index (κ3) is 2.64. The topological polar surface area (TPSA) is 106 Å². The second-order valence-electron chi connectivity index (χ2n) is 3.94. The Morgan fingerprint density at radius 3 is 1.88 bits per heavy atom. The lowest BCUT2D eigenvalue weighted by Gasteiger charge is -2.32. The van der Waals surface area contributed by atoms with Gasteiger partial charge in [0.1, 0.15) is 0 Å². The van der Waals surface area contributed by atoms with E-state index in [0.29, 0.717) is 0 Å². The molecule has 6 nitrogen and oxygen atoms in total. The summed E-state index contributed by atoms with van der Waals surface area (Å²) in [6, 6.07) is 0. The molecule has 1 saturated carbocycles. The Kier molecular flexibility index (Phi) is 4.25. The quantitative estimate of drug-likeness (QED) is 0.629. The molecule has 6 heteroatoms. The van der Waals surface area contributed by atoms with E-state index in [0.717, 1.165) is 6.29 Å². The van der Waals surface area contributed by atoms with Crippen molar-refractivity contribution in [2.75, 3.05) is 0 Å². The van der Waals surface area contributed by atoms with Gasteiger partial charge in [-0.05, 0) is 12.8 Å². The van der Waals surface area contributed by atoms with Crippen molar-refractivity contribution >= 4 is 30.6 Å². The molecule has 4 unspecified atom stereocenters. The molecule has 0 aliphatic heterocycles. The van der Waals surface area contributed by atoms with Gasteiger partial charge in [0.25, 0.3) is 6.29 Å². The van der Waals surface area contributed by atoms with E-state index in [1.54, 1.807) is 12.6 Å². The van der Waals surface area contributed by atoms with E-state index in [1.165, 1.54) is 0 Å². The van der Waals surface area contributed by atoms with Crippen LogP contribution in [0.25, 0.3) is 0 Å². The van der Waals surface area contributed by atoms with E-state index in [2.05, 4.69) is 0 Å². The molecule has 0 bridgehead atoms. The van der Waals surface area contributed by atoms with Crippen LogP contribution >= 0.6 is 0 Å². The van der Waals surface area contributed by atoms with Gasteiger partial charge >= 0.3 is 5.97 Å². The molecule has 0 aromatic rings. The molecule has 0 amide bonds. The monoisotopic (exact) mass is 237 g/mol. The van der Waals surface area contributed by atoms with E-state index >= 15 is 0 Å². The molecule has 0 saturated heterocycles. The zero-order chi connectivity index (χ0) is 13.0. The number of carboxylic acid groups (broad SMARTS) is 1. The van der Waals surface area contributed by atoms with Gasteiger partial charge in [-0.1, -0.05) is 0 Å². The highest BCUT2D eigenvalue weighted by Gasteiger charge is 2.44. The predicted octanol–water partition coefficient (Wildman–Crippen LogP) is -0.772. The zero-order valence-electron chi connectivity index (χ0n) is 8.71. The second kappa shape index (κ2) is 5.47. The van der Waals surface area contributed by atoms with Crippen LogP contribution in [-0.4, -0.2) is 35.7 Å². The molecule has 4 atom stereocenters. The van der Waals surface area contributed by atoms with Crippen molar-refractivity contribution in [1.29, 1.82) is 0 Å². The lowest BCUT2D eigenvalue weighted by Crippen LogP contribution is -2.40. The standard InChI is InChI=1S/C11H9O6/c12-3-6-1-7(4-13)9(11(16)17)2-8(6)10(15)5-14/h6-9H,1-2H2,(H,16,17). The normalized spacial score (nSPS) is 32.5. The van der Waals surface area contributed by atoms with Crippen molar-refractivity contribution in [1.82, 2.24) is 0 Å². The number of carbonyl (C=O) groups excluding carboxylic acids is 4. The lowest BCUT2D eigenvalue weighted by molar-refractivity contribution is -0.145. The SMILES string of the molecule is O=[C]C(=O)C1CC(C(=O)O)C([C]=O)CC1[C]=O. The van der Waals surface area contributed by atoms with E-state index in [1.807, 2.05) is 0 Å². The average Bonchev–Trinajstić information content (AvgIpc) is 2.35. The number of Topliss-reactive ketones (excluding diaryl/α,β-unsaturated/α-hetero) is 1. The van der Waals surface area contributed by atoms with Crippen molar-refractivity contribution in [2.45, 2.75) is 12.8 Å². The summed E-state index contributed by atoms with van der Waals surface area (Å²) in [4.78, 5) is 53.6. The highest BCUT2D eigenvalue weighted by atomic mass is 16.4. The number of hydrogen-bond acceptors (Lipinski definition) is 5. The maximum absolute atomic E-state index is 11.2. The van der Waals surface area contributed by atoms with Crippen LogP contribution in [0.1, 0.15) is 12.8 Å². The van der Waals surface area contributed by atoms with Crippen molar-refractivity contribution in [3.63, 3.8) is 0 Å². The summed E-state index contributed by atoms with van der Waals surface area (Å²) < 4.78 is 0. The van der Waals surface area contributed by atoms with Gasteiger partial charge < -0.3 is 5.11 Å². The molecular weight excluding hydrogens is 228 g/mol. The highest BCUT2D eigenvalue weighted by Crippen LogP contribution is 2.36. The Bertz CT molecular complexity index is 361. The fourth-order valence-electron chi connectivity index (χ4n) is 2.10. The second-order valence-corrected chi connectivity index (χ2v) is 3.94. The molecule has 1 aliphatic carbocycles. The summed E-state index contributed by atoms with van der Waals surface area (Å²) in [6.07, 6.45) is 3.91. The van der Waals surface area contributed by atoms with Crippen LogP contribution in [0.3, 0.4) is 0 Å². The van der Waals surface area contributed by atoms with Crippen LogP contribution in [0.4, 0.5) is 0 Å². The van der Waals surface area contributed by atoms with Crippen molar-refractivity contribution < 1.29 is 29.1 Å². The molecule has 1 aliphatic rings. The number of aliphatic carboxylic acids is 1. The maximum Gasteiger partial charge on any atom is 0.307 e. The van der Waals surface area contributed by atoms with E-state index in [-0.39, 0.29) is 12.8 Å². The molecule has 89 valence electrons. The van der Waals surface area contributed by atoms with E-state index in [9.17, 15) is 24.0 Å². The Morgan fingerprint density at radius 2 is 1.47 bits per heavy atom. The lowest BCUT2D eigenvalue weighted by atomic mass is 9.68. The van der Waals surface area contributed by atoms with Gasteiger partial charge in [0.05, 0.1) is 5.92 Å². The zero-order valence-corrected chi connectivity index (χ0v) is 8.71.